The Hall–Kier alpha value is -1.66. The Balaban J connectivity index is 1.91. The van der Waals surface area contributed by atoms with Crippen molar-refractivity contribution in [2.75, 3.05) is 19.0 Å². The first-order valence-electron chi connectivity index (χ1n) is 5.92. The lowest BCUT2D eigenvalue weighted by Crippen LogP contribution is -2.12. The largest absolute Gasteiger partial charge is 0.377 e. The first kappa shape index (κ1) is 13.8. The maximum absolute atomic E-state index is 5.92. The molecule has 2 rings (SSSR count). The molecule has 0 spiro atoms. The zero-order valence-corrected chi connectivity index (χ0v) is 11.7. The third-order valence-electron chi connectivity index (χ3n) is 2.42. The zero-order valence-electron chi connectivity index (χ0n) is 10.9. The van der Waals surface area contributed by atoms with Crippen molar-refractivity contribution < 1.29 is 4.74 Å². The van der Waals surface area contributed by atoms with Crippen LogP contribution in [0.1, 0.15) is 11.4 Å². The van der Waals surface area contributed by atoms with Gasteiger partial charge in [0.05, 0.1) is 12.7 Å². The molecule has 19 heavy (non-hydrogen) atoms. The van der Waals surface area contributed by atoms with Gasteiger partial charge in [-0.05, 0) is 12.5 Å². The summed E-state index contributed by atoms with van der Waals surface area (Å²) in [7, 11) is 1.59. The second-order valence-electron chi connectivity index (χ2n) is 4.13. The van der Waals surface area contributed by atoms with E-state index in [1.54, 1.807) is 13.2 Å². The number of anilines is 1. The minimum atomic E-state index is 0.341. The van der Waals surface area contributed by atoms with Gasteiger partial charge in [-0.15, -0.1) is 0 Å². The van der Waals surface area contributed by atoms with Gasteiger partial charge in [0, 0.05) is 25.9 Å². The highest BCUT2D eigenvalue weighted by atomic mass is 35.5. The molecule has 0 fully saturated rings. The molecule has 7 heteroatoms. The fraction of sp³-hybridized carbons (Fsp3) is 0.417. The molecule has 0 aliphatic heterocycles. The molecule has 0 atom stereocenters. The van der Waals surface area contributed by atoms with Gasteiger partial charge in [-0.2, -0.15) is 5.10 Å². The van der Waals surface area contributed by atoms with Gasteiger partial charge in [-0.25, -0.2) is 9.97 Å². The van der Waals surface area contributed by atoms with E-state index in [0.717, 1.165) is 12.1 Å². The van der Waals surface area contributed by atoms with E-state index in [1.807, 2.05) is 24.0 Å². The van der Waals surface area contributed by atoms with Crippen LogP contribution in [0.3, 0.4) is 0 Å². The average molecular weight is 282 g/mol. The lowest BCUT2D eigenvalue weighted by atomic mass is 10.4. The fourth-order valence-corrected chi connectivity index (χ4v) is 1.84. The van der Waals surface area contributed by atoms with Crippen LogP contribution < -0.4 is 5.32 Å². The molecule has 2 aromatic rings. The number of halogens is 1. The topological polar surface area (TPSA) is 64.9 Å². The summed E-state index contributed by atoms with van der Waals surface area (Å²) in [5, 5.41) is 7.80. The third kappa shape index (κ3) is 4.18. The summed E-state index contributed by atoms with van der Waals surface area (Å²) < 4.78 is 6.87. The van der Waals surface area contributed by atoms with E-state index in [0.29, 0.717) is 29.9 Å². The van der Waals surface area contributed by atoms with E-state index in [2.05, 4.69) is 20.4 Å². The van der Waals surface area contributed by atoms with Crippen molar-refractivity contribution in [1.29, 1.82) is 0 Å². The second kappa shape index (κ2) is 6.49. The van der Waals surface area contributed by atoms with Crippen molar-refractivity contribution in [2.24, 2.45) is 0 Å². The van der Waals surface area contributed by atoms with Crippen molar-refractivity contribution in [2.45, 2.75) is 20.1 Å². The van der Waals surface area contributed by atoms with Gasteiger partial charge in [0.25, 0.3) is 0 Å². The SMILES string of the molecule is COCc1nc(Cl)cc(NCCn2cc(C)cn2)n1. The Labute approximate surface area is 116 Å². The normalized spacial score (nSPS) is 10.7. The molecular weight excluding hydrogens is 266 g/mol. The zero-order chi connectivity index (χ0) is 13.7. The van der Waals surface area contributed by atoms with Crippen molar-refractivity contribution >= 4 is 17.4 Å². The lowest BCUT2D eigenvalue weighted by molar-refractivity contribution is 0.178. The number of rotatable bonds is 6. The van der Waals surface area contributed by atoms with Crippen LogP contribution in [0.25, 0.3) is 0 Å². The van der Waals surface area contributed by atoms with Gasteiger partial charge in [-0.1, -0.05) is 11.6 Å². The molecule has 0 unspecified atom stereocenters. The Kier molecular flexibility index (Phi) is 4.70. The molecule has 102 valence electrons. The molecule has 0 saturated heterocycles. The van der Waals surface area contributed by atoms with Gasteiger partial charge in [-0.3, -0.25) is 4.68 Å². The van der Waals surface area contributed by atoms with Gasteiger partial charge in [0.2, 0.25) is 0 Å². The lowest BCUT2D eigenvalue weighted by Gasteiger charge is -2.07. The molecule has 0 amide bonds. The molecule has 6 nitrogen and oxygen atoms in total. The molecule has 2 heterocycles. The second-order valence-corrected chi connectivity index (χ2v) is 4.52. The Morgan fingerprint density at radius 3 is 2.95 bits per heavy atom. The van der Waals surface area contributed by atoms with Crippen molar-refractivity contribution in [3.05, 3.63) is 35.0 Å². The Morgan fingerprint density at radius 2 is 2.26 bits per heavy atom. The minimum absolute atomic E-state index is 0.341. The number of aryl methyl sites for hydroxylation is 1. The van der Waals surface area contributed by atoms with Crippen LogP contribution in [-0.4, -0.2) is 33.4 Å². The number of ether oxygens (including phenoxy) is 1. The molecule has 2 aromatic heterocycles. The molecule has 0 saturated carbocycles. The van der Waals surface area contributed by atoms with E-state index in [9.17, 15) is 0 Å². The maximum atomic E-state index is 5.92. The summed E-state index contributed by atoms with van der Waals surface area (Å²) in [4.78, 5) is 8.36. The van der Waals surface area contributed by atoms with Crippen molar-refractivity contribution in [3.63, 3.8) is 0 Å². The predicted molar refractivity (Wildman–Crippen MR) is 73.2 cm³/mol. The van der Waals surface area contributed by atoms with E-state index in [1.165, 1.54) is 0 Å². The van der Waals surface area contributed by atoms with Gasteiger partial charge >= 0.3 is 0 Å². The van der Waals surface area contributed by atoms with Crippen LogP contribution >= 0.6 is 11.6 Å². The average Bonchev–Trinajstić information content (AvgIpc) is 2.75. The van der Waals surface area contributed by atoms with Gasteiger partial charge in [0.15, 0.2) is 5.82 Å². The number of methoxy groups -OCH3 is 1. The number of nitrogens with one attached hydrogen (secondary N) is 1. The van der Waals surface area contributed by atoms with Crippen molar-refractivity contribution in [3.8, 4) is 0 Å². The number of hydrogen-bond donors (Lipinski definition) is 1. The van der Waals surface area contributed by atoms with Gasteiger partial charge < -0.3 is 10.1 Å². The van der Waals surface area contributed by atoms with Crippen LogP contribution in [-0.2, 0) is 17.9 Å². The highest BCUT2D eigenvalue weighted by Gasteiger charge is 2.03. The molecular formula is C12H16ClN5O. The van der Waals surface area contributed by atoms with Gasteiger partial charge in [0.1, 0.15) is 17.6 Å². The summed E-state index contributed by atoms with van der Waals surface area (Å²) in [6.45, 7) is 3.82. The third-order valence-corrected chi connectivity index (χ3v) is 2.62. The highest BCUT2D eigenvalue weighted by Crippen LogP contribution is 2.11. The number of aromatic nitrogens is 4. The molecule has 0 radical (unpaired) electrons. The molecule has 0 bridgehead atoms. The summed E-state index contributed by atoms with van der Waals surface area (Å²) in [6, 6.07) is 1.69. The van der Waals surface area contributed by atoms with E-state index in [-0.39, 0.29) is 0 Å². The first-order chi connectivity index (χ1) is 9.17. The molecule has 0 aromatic carbocycles. The summed E-state index contributed by atoms with van der Waals surface area (Å²) in [5.74, 6) is 1.25. The summed E-state index contributed by atoms with van der Waals surface area (Å²) >= 11 is 5.92. The van der Waals surface area contributed by atoms with Crippen LogP contribution in [0.2, 0.25) is 5.15 Å². The number of nitrogens with zero attached hydrogens (tertiary/aromatic N) is 4. The predicted octanol–water partition coefficient (Wildman–Crippen LogP) is 1.89. The summed E-state index contributed by atoms with van der Waals surface area (Å²) in [5.41, 5.74) is 1.15. The minimum Gasteiger partial charge on any atom is -0.377 e. The smallest absolute Gasteiger partial charge is 0.158 e. The fourth-order valence-electron chi connectivity index (χ4n) is 1.64. The first-order valence-corrected chi connectivity index (χ1v) is 6.30. The van der Waals surface area contributed by atoms with Crippen LogP contribution in [0.4, 0.5) is 5.82 Å². The molecule has 0 aliphatic carbocycles. The Bertz CT molecular complexity index is 543. The van der Waals surface area contributed by atoms with Crippen LogP contribution in [0.15, 0.2) is 18.5 Å². The van der Waals surface area contributed by atoms with E-state index < -0.39 is 0 Å². The summed E-state index contributed by atoms with van der Waals surface area (Å²) in [6.07, 6.45) is 3.82. The Morgan fingerprint density at radius 1 is 1.42 bits per heavy atom. The van der Waals surface area contributed by atoms with E-state index >= 15 is 0 Å². The van der Waals surface area contributed by atoms with Crippen molar-refractivity contribution in [1.82, 2.24) is 19.7 Å². The maximum Gasteiger partial charge on any atom is 0.158 e. The van der Waals surface area contributed by atoms with Crippen LogP contribution in [0.5, 0.6) is 0 Å². The van der Waals surface area contributed by atoms with Crippen LogP contribution in [0, 0.1) is 6.92 Å². The monoisotopic (exact) mass is 281 g/mol. The molecule has 0 aliphatic rings. The standard InChI is InChI=1S/C12H16ClN5O/c1-9-6-15-18(7-9)4-3-14-11-5-10(13)16-12(17-11)8-19-2/h5-7H,3-4,8H2,1-2H3,(H,14,16,17). The molecule has 1 N–H and O–H groups in total. The highest BCUT2D eigenvalue weighted by molar-refractivity contribution is 6.29. The van der Waals surface area contributed by atoms with E-state index in [4.69, 9.17) is 16.3 Å². The quantitative estimate of drug-likeness (QED) is 0.819. The number of hydrogen-bond acceptors (Lipinski definition) is 5.